The molecule has 4 rings (SSSR count). The number of hydrogen-bond donors (Lipinski definition) is 2. The van der Waals surface area contributed by atoms with Crippen LogP contribution in [0.25, 0.3) is 0 Å². The molecule has 32 heavy (non-hydrogen) atoms. The number of para-hydroxylation sites is 2. The molecule has 1 atom stereocenters. The van der Waals surface area contributed by atoms with E-state index in [0.29, 0.717) is 6.61 Å². The van der Waals surface area contributed by atoms with Gasteiger partial charge in [-0.15, -0.1) is 0 Å². The van der Waals surface area contributed by atoms with Gasteiger partial charge in [-0.2, -0.15) is 0 Å². The molecule has 0 bridgehead atoms. The summed E-state index contributed by atoms with van der Waals surface area (Å²) in [6.45, 7) is 2.60. The molecule has 162 valence electrons. The minimum absolute atomic E-state index is 0.0231. The molecule has 4 aromatic rings. The Balaban J connectivity index is 1.27. The molecule has 4 heteroatoms. The number of rotatable bonds is 10. The molecule has 0 aliphatic carbocycles. The summed E-state index contributed by atoms with van der Waals surface area (Å²) in [5.74, 6) is 1.66. The molecule has 0 radical (unpaired) electrons. The smallest absolute Gasteiger partial charge is 0.132 e. The largest absolute Gasteiger partial charge is 0.490 e. The van der Waals surface area contributed by atoms with Gasteiger partial charge in [0, 0.05) is 22.7 Å². The standard InChI is InChI=1S/C28H28N2O2/c1-2-26(32-28-19-15-25(16-20-28)30-23-11-7-4-8-12-23)21-31-27-17-13-24(14-18-27)29-22-9-5-3-6-10-22/h3-20,26,29-30H,2,21H2,1H3. The molecule has 0 saturated heterocycles. The van der Waals surface area contributed by atoms with Gasteiger partial charge in [-0.25, -0.2) is 0 Å². The first-order valence-electron chi connectivity index (χ1n) is 10.9. The lowest BCUT2D eigenvalue weighted by molar-refractivity contribution is 0.125. The lowest BCUT2D eigenvalue weighted by Gasteiger charge is -2.19. The van der Waals surface area contributed by atoms with E-state index in [0.717, 1.165) is 40.7 Å². The molecule has 2 N–H and O–H groups in total. The second-order valence-electron chi connectivity index (χ2n) is 7.49. The maximum absolute atomic E-state index is 6.13. The molecule has 1 unspecified atom stereocenters. The minimum atomic E-state index is -0.0231. The monoisotopic (exact) mass is 424 g/mol. The van der Waals surface area contributed by atoms with E-state index in [2.05, 4.69) is 17.6 Å². The Labute approximate surface area is 189 Å². The Bertz CT molecular complexity index is 1070. The van der Waals surface area contributed by atoms with Gasteiger partial charge in [-0.1, -0.05) is 43.3 Å². The molecule has 4 nitrogen and oxygen atoms in total. The van der Waals surface area contributed by atoms with Crippen molar-refractivity contribution in [1.29, 1.82) is 0 Å². The Kier molecular flexibility index (Phi) is 7.27. The van der Waals surface area contributed by atoms with Gasteiger partial charge in [-0.05, 0) is 79.2 Å². The van der Waals surface area contributed by atoms with Crippen molar-refractivity contribution >= 4 is 22.7 Å². The SMILES string of the molecule is CCC(COc1ccc(Nc2ccccc2)cc1)Oc1ccc(Nc2ccccc2)cc1. The van der Waals surface area contributed by atoms with Gasteiger partial charge in [0.2, 0.25) is 0 Å². The van der Waals surface area contributed by atoms with Gasteiger partial charge in [-0.3, -0.25) is 0 Å². The highest BCUT2D eigenvalue weighted by molar-refractivity contribution is 5.61. The van der Waals surface area contributed by atoms with Crippen LogP contribution in [0.1, 0.15) is 13.3 Å². The van der Waals surface area contributed by atoms with E-state index in [4.69, 9.17) is 9.47 Å². The molecule has 0 saturated carbocycles. The fraction of sp³-hybridized carbons (Fsp3) is 0.143. The summed E-state index contributed by atoms with van der Waals surface area (Å²) in [6, 6.07) is 36.2. The topological polar surface area (TPSA) is 42.5 Å². The van der Waals surface area contributed by atoms with Gasteiger partial charge in [0.05, 0.1) is 0 Å². The van der Waals surface area contributed by atoms with E-state index in [-0.39, 0.29) is 6.10 Å². The van der Waals surface area contributed by atoms with Crippen LogP contribution in [0, 0.1) is 0 Å². The predicted molar refractivity (Wildman–Crippen MR) is 133 cm³/mol. The minimum Gasteiger partial charge on any atom is -0.490 e. The number of hydrogen-bond acceptors (Lipinski definition) is 4. The highest BCUT2D eigenvalue weighted by atomic mass is 16.5. The third-order valence-corrected chi connectivity index (χ3v) is 5.03. The van der Waals surface area contributed by atoms with E-state index in [1.165, 1.54) is 0 Å². The van der Waals surface area contributed by atoms with Crippen molar-refractivity contribution in [2.45, 2.75) is 19.4 Å². The fourth-order valence-corrected chi connectivity index (χ4v) is 3.24. The zero-order valence-electron chi connectivity index (χ0n) is 18.2. The average molecular weight is 425 g/mol. The zero-order chi connectivity index (χ0) is 22.0. The molecule has 0 aliphatic heterocycles. The van der Waals surface area contributed by atoms with Crippen LogP contribution in [-0.2, 0) is 0 Å². The van der Waals surface area contributed by atoms with Crippen molar-refractivity contribution in [1.82, 2.24) is 0 Å². The van der Waals surface area contributed by atoms with Gasteiger partial charge in [0.1, 0.15) is 24.2 Å². The van der Waals surface area contributed by atoms with E-state index >= 15 is 0 Å². The van der Waals surface area contributed by atoms with Crippen LogP contribution in [0.3, 0.4) is 0 Å². The Morgan fingerprint density at radius 3 is 1.47 bits per heavy atom. The van der Waals surface area contributed by atoms with E-state index in [1.807, 2.05) is 109 Å². The summed E-state index contributed by atoms with van der Waals surface area (Å²) in [6.07, 6.45) is 0.836. The Morgan fingerprint density at radius 2 is 1.00 bits per heavy atom. The summed E-state index contributed by atoms with van der Waals surface area (Å²) in [5.41, 5.74) is 4.17. The molecular weight excluding hydrogens is 396 g/mol. The second kappa shape index (κ2) is 10.9. The van der Waals surface area contributed by atoms with Crippen molar-refractivity contribution in [2.75, 3.05) is 17.2 Å². The summed E-state index contributed by atoms with van der Waals surface area (Å²) < 4.78 is 12.1. The van der Waals surface area contributed by atoms with Crippen molar-refractivity contribution in [3.05, 3.63) is 109 Å². The maximum atomic E-state index is 6.13. The van der Waals surface area contributed by atoms with Crippen molar-refractivity contribution in [3.63, 3.8) is 0 Å². The van der Waals surface area contributed by atoms with Crippen LogP contribution in [0.4, 0.5) is 22.7 Å². The number of nitrogens with one attached hydrogen (secondary N) is 2. The first kappa shape index (κ1) is 21.3. The number of benzene rings is 4. The van der Waals surface area contributed by atoms with E-state index < -0.39 is 0 Å². The van der Waals surface area contributed by atoms with E-state index in [9.17, 15) is 0 Å². The third kappa shape index (κ3) is 6.29. The van der Waals surface area contributed by atoms with Crippen LogP contribution in [0.2, 0.25) is 0 Å². The van der Waals surface area contributed by atoms with Crippen LogP contribution < -0.4 is 20.1 Å². The molecule has 4 aromatic carbocycles. The molecule has 0 aliphatic rings. The highest BCUT2D eigenvalue weighted by Gasteiger charge is 2.10. The van der Waals surface area contributed by atoms with Gasteiger partial charge < -0.3 is 20.1 Å². The Morgan fingerprint density at radius 1 is 0.562 bits per heavy atom. The third-order valence-electron chi connectivity index (χ3n) is 5.03. The van der Waals surface area contributed by atoms with E-state index in [1.54, 1.807) is 0 Å². The summed E-state index contributed by atoms with van der Waals surface area (Å²) >= 11 is 0. The molecular formula is C28H28N2O2. The highest BCUT2D eigenvalue weighted by Crippen LogP contribution is 2.23. The molecule has 0 spiro atoms. The number of ether oxygens (including phenoxy) is 2. The van der Waals surface area contributed by atoms with Gasteiger partial charge in [0.25, 0.3) is 0 Å². The molecule has 0 fully saturated rings. The summed E-state index contributed by atoms with van der Waals surface area (Å²) in [4.78, 5) is 0. The second-order valence-corrected chi connectivity index (χ2v) is 7.49. The van der Waals surface area contributed by atoms with Gasteiger partial charge >= 0.3 is 0 Å². The van der Waals surface area contributed by atoms with Crippen molar-refractivity contribution in [3.8, 4) is 11.5 Å². The quantitative estimate of drug-likeness (QED) is 0.278. The predicted octanol–water partition coefficient (Wildman–Crippen LogP) is 7.41. The summed E-state index contributed by atoms with van der Waals surface area (Å²) in [7, 11) is 0. The Hall–Kier alpha value is -3.92. The lowest BCUT2D eigenvalue weighted by Crippen LogP contribution is -2.23. The maximum Gasteiger partial charge on any atom is 0.132 e. The lowest BCUT2D eigenvalue weighted by atomic mass is 10.2. The van der Waals surface area contributed by atoms with Crippen LogP contribution in [-0.4, -0.2) is 12.7 Å². The van der Waals surface area contributed by atoms with Crippen LogP contribution in [0.15, 0.2) is 109 Å². The number of anilines is 4. The van der Waals surface area contributed by atoms with Crippen LogP contribution in [0.5, 0.6) is 11.5 Å². The normalized spacial score (nSPS) is 11.4. The molecule has 0 heterocycles. The summed E-state index contributed by atoms with van der Waals surface area (Å²) in [5, 5.41) is 6.75. The van der Waals surface area contributed by atoms with Crippen molar-refractivity contribution < 1.29 is 9.47 Å². The first-order valence-corrected chi connectivity index (χ1v) is 10.9. The zero-order valence-corrected chi connectivity index (χ0v) is 18.2. The average Bonchev–Trinajstić information content (AvgIpc) is 2.85. The van der Waals surface area contributed by atoms with Crippen molar-refractivity contribution in [2.24, 2.45) is 0 Å². The first-order chi connectivity index (χ1) is 15.8. The van der Waals surface area contributed by atoms with Crippen LogP contribution >= 0.6 is 0 Å². The molecule has 0 aromatic heterocycles. The van der Waals surface area contributed by atoms with Gasteiger partial charge in [0.15, 0.2) is 0 Å². The fourth-order valence-electron chi connectivity index (χ4n) is 3.24. The molecule has 0 amide bonds.